The zero-order valence-electron chi connectivity index (χ0n) is 20.8. The number of methoxy groups -OCH3 is 1. The van der Waals surface area contributed by atoms with Crippen molar-refractivity contribution in [2.24, 2.45) is 5.92 Å². The van der Waals surface area contributed by atoms with Gasteiger partial charge in [-0.2, -0.15) is 0 Å². The van der Waals surface area contributed by atoms with Gasteiger partial charge in [0.15, 0.2) is 0 Å². The third-order valence-electron chi connectivity index (χ3n) is 6.29. The zero-order chi connectivity index (χ0) is 23.3. The molecule has 0 fully saturated rings. The van der Waals surface area contributed by atoms with Crippen molar-refractivity contribution in [3.8, 4) is 0 Å². The number of rotatable bonds is 15. The van der Waals surface area contributed by atoms with Crippen molar-refractivity contribution in [2.45, 2.75) is 91.0 Å². The average Bonchev–Trinajstić information content (AvgIpc) is 2.68. The smallest absolute Gasteiger partial charge is 0.200 e. The molecular weight excluding hydrogens is 431 g/mol. The monoisotopic (exact) mass is 476 g/mol. The number of alkyl halides is 2. The summed E-state index contributed by atoms with van der Waals surface area (Å²) in [6.07, 6.45) is 10.5. The Morgan fingerprint density at radius 3 is 1.93 bits per heavy atom. The maximum absolute atomic E-state index is 7.22. The normalized spacial score (nSPS) is 16.3. The molecule has 2 atom stereocenters. The molecule has 0 aromatic carbocycles. The Morgan fingerprint density at radius 2 is 1.50 bits per heavy atom. The first-order valence-corrected chi connectivity index (χ1v) is 14.6. The molecule has 0 aromatic rings. The molecule has 0 saturated heterocycles. The largest absolute Gasteiger partial charge is 0.413 e. The molecule has 0 unspecified atom stereocenters. The first-order valence-electron chi connectivity index (χ1n) is 11.4. The molecule has 0 saturated carbocycles. The van der Waals surface area contributed by atoms with Crippen LogP contribution in [0.25, 0.3) is 0 Å². The van der Waals surface area contributed by atoms with Gasteiger partial charge in [0.1, 0.15) is 0 Å². The molecule has 2 nitrogen and oxygen atoms in total. The molecule has 0 radical (unpaired) electrons. The summed E-state index contributed by atoms with van der Waals surface area (Å²) in [5, 5.41) is 0. The van der Waals surface area contributed by atoms with E-state index in [9.17, 15) is 0 Å². The molecule has 0 heterocycles. The summed E-state index contributed by atoms with van der Waals surface area (Å²) < 4.78 is 12.5. The molecule has 0 N–H and O–H groups in total. The highest BCUT2D eigenvalue weighted by molar-refractivity contribution is 6.77. The molecule has 0 rings (SSSR count). The molecule has 0 aliphatic carbocycles. The fourth-order valence-electron chi connectivity index (χ4n) is 4.58. The Hall–Kier alpha value is -0.0631. The van der Waals surface area contributed by atoms with Crippen molar-refractivity contribution in [1.29, 1.82) is 0 Å². The van der Waals surface area contributed by atoms with E-state index in [2.05, 4.69) is 67.5 Å². The van der Waals surface area contributed by atoms with E-state index < -0.39 is 8.32 Å². The Morgan fingerprint density at radius 1 is 0.933 bits per heavy atom. The average molecular weight is 478 g/mol. The third-order valence-corrected chi connectivity index (χ3v) is 12.9. The maximum Gasteiger partial charge on any atom is 0.200 e. The summed E-state index contributed by atoms with van der Waals surface area (Å²) in [6.45, 7) is 19.1. The molecule has 0 spiro atoms. The van der Waals surface area contributed by atoms with Gasteiger partial charge in [-0.1, -0.05) is 78.3 Å². The van der Waals surface area contributed by atoms with Crippen LogP contribution in [-0.4, -0.2) is 39.9 Å². The van der Waals surface area contributed by atoms with Crippen molar-refractivity contribution in [3.63, 3.8) is 0 Å². The molecule has 0 aliphatic rings. The first kappa shape index (κ1) is 29.9. The fourth-order valence-corrected chi connectivity index (χ4v) is 10.7. The Balaban J connectivity index is 5.82. The van der Waals surface area contributed by atoms with Crippen molar-refractivity contribution in [2.75, 3.05) is 25.5 Å². The highest BCUT2D eigenvalue weighted by Crippen LogP contribution is 2.44. The summed E-state index contributed by atoms with van der Waals surface area (Å²) in [4.78, 5) is 0. The van der Waals surface area contributed by atoms with Crippen LogP contribution in [0.5, 0.6) is 0 Å². The van der Waals surface area contributed by atoms with Crippen molar-refractivity contribution >= 4 is 31.5 Å². The molecule has 0 amide bonds. The second kappa shape index (κ2) is 15.7. The van der Waals surface area contributed by atoms with Crippen LogP contribution in [-0.2, 0) is 9.16 Å². The van der Waals surface area contributed by atoms with Crippen molar-refractivity contribution < 1.29 is 9.16 Å². The molecular formula is C25H46Cl2O2Si. The molecule has 5 heteroatoms. The van der Waals surface area contributed by atoms with Gasteiger partial charge in [0.05, 0.1) is 12.7 Å². The van der Waals surface area contributed by atoms with E-state index in [0.717, 1.165) is 12.8 Å². The summed E-state index contributed by atoms with van der Waals surface area (Å²) in [5.74, 6) is 1.38. The van der Waals surface area contributed by atoms with Gasteiger partial charge in [0.2, 0.25) is 8.32 Å². The Bertz CT molecular complexity index is 532. The summed E-state index contributed by atoms with van der Waals surface area (Å²) >= 11 is 11.9. The topological polar surface area (TPSA) is 18.5 Å². The molecule has 176 valence electrons. The minimum Gasteiger partial charge on any atom is -0.413 e. The van der Waals surface area contributed by atoms with E-state index in [1.165, 1.54) is 11.1 Å². The second-order valence-electron chi connectivity index (χ2n) is 9.29. The Kier molecular flexibility index (Phi) is 15.7. The lowest BCUT2D eigenvalue weighted by molar-refractivity contribution is 0.130. The maximum atomic E-state index is 7.22. The van der Waals surface area contributed by atoms with Gasteiger partial charge in [0.25, 0.3) is 0 Å². The first-order chi connectivity index (χ1) is 14.1. The van der Waals surface area contributed by atoms with Crippen molar-refractivity contribution in [3.05, 3.63) is 35.5 Å². The molecule has 0 aromatic heterocycles. The second-order valence-corrected chi connectivity index (χ2v) is 15.3. The van der Waals surface area contributed by atoms with Gasteiger partial charge in [-0.3, -0.25) is 0 Å². The SMILES string of the molecule is COC/C(CCl)=C(\C)CC[C@H](O[Si](C(C)C)(C(C)C)C(C)C)[C@@H](C)/C=C/C=C\CCl. The van der Waals surface area contributed by atoms with Crippen LogP contribution in [0, 0.1) is 5.92 Å². The van der Waals surface area contributed by atoms with E-state index in [1.54, 1.807) is 7.11 Å². The van der Waals surface area contributed by atoms with Crippen LogP contribution in [0.3, 0.4) is 0 Å². The number of halogens is 2. The standard InChI is InChI=1S/C25H46Cl2O2Si/c1-19(2)30(20(3)4,21(5)6)29-25(23(8)13-11-10-12-16-26)15-14-22(7)24(17-27)18-28-9/h10-13,19-21,23,25H,14-18H2,1-9H3/b12-10-,13-11+,24-22+/t23-,25-/m0/s1. The van der Waals surface area contributed by atoms with Gasteiger partial charge in [0, 0.05) is 18.9 Å². The number of hydrogen-bond donors (Lipinski definition) is 0. The number of ether oxygens (including phenoxy) is 1. The quantitative estimate of drug-likeness (QED) is 0.102. The van der Waals surface area contributed by atoms with Gasteiger partial charge in [-0.15, -0.1) is 23.2 Å². The summed E-state index contributed by atoms with van der Waals surface area (Å²) in [7, 11) is -0.247. The van der Waals surface area contributed by atoms with Crippen LogP contribution in [0.2, 0.25) is 16.6 Å². The van der Waals surface area contributed by atoms with Crippen LogP contribution in [0.15, 0.2) is 35.5 Å². The predicted molar refractivity (Wildman–Crippen MR) is 139 cm³/mol. The lowest BCUT2D eigenvalue weighted by Crippen LogP contribution is -2.51. The van der Waals surface area contributed by atoms with Crippen molar-refractivity contribution in [1.82, 2.24) is 0 Å². The Labute approximate surface area is 198 Å². The minimum absolute atomic E-state index is 0.179. The number of allylic oxidation sites excluding steroid dienone is 4. The van der Waals surface area contributed by atoms with Crippen LogP contribution in [0.1, 0.15) is 68.2 Å². The van der Waals surface area contributed by atoms with Crippen LogP contribution >= 0.6 is 23.2 Å². The fraction of sp³-hybridized carbons (Fsp3) is 0.760. The van der Waals surface area contributed by atoms with Gasteiger partial charge in [-0.05, 0) is 47.9 Å². The van der Waals surface area contributed by atoms with Crippen LogP contribution < -0.4 is 0 Å². The predicted octanol–water partition coefficient (Wildman–Crippen LogP) is 8.52. The minimum atomic E-state index is -1.97. The molecule has 0 bridgehead atoms. The number of hydrogen-bond acceptors (Lipinski definition) is 2. The van der Waals surface area contributed by atoms with E-state index in [0.29, 0.717) is 40.9 Å². The lowest BCUT2D eigenvalue weighted by Gasteiger charge is -2.45. The third kappa shape index (κ3) is 9.20. The van der Waals surface area contributed by atoms with Gasteiger partial charge in [-0.25, -0.2) is 0 Å². The van der Waals surface area contributed by atoms with E-state index in [4.69, 9.17) is 32.4 Å². The summed E-state index contributed by atoms with van der Waals surface area (Å²) in [6, 6.07) is 0. The summed E-state index contributed by atoms with van der Waals surface area (Å²) in [5.41, 5.74) is 4.21. The molecule has 30 heavy (non-hydrogen) atoms. The lowest BCUT2D eigenvalue weighted by atomic mass is 9.96. The highest BCUT2D eigenvalue weighted by Gasteiger charge is 2.47. The van der Waals surface area contributed by atoms with Gasteiger partial charge < -0.3 is 9.16 Å². The zero-order valence-corrected chi connectivity index (χ0v) is 23.3. The van der Waals surface area contributed by atoms with E-state index in [1.807, 2.05) is 12.2 Å². The van der Waals surface area contributed by atoms with Crippen LogP contribution in [0.4, 0.5) is 0 Å². The highest BCUT2D eigenvalue weighted by atomic mass is 35.5. The van der Waals surface area contributed by atoms with E-state index in [-0.39, 0.29) is 6.10 Å². The molecule has 0 aliphatic heterocycles. The van der Waals surface area contributed by atoms with E-state index >= 15 is 0 Å². The van der Waals surface area contributed by atoms with Gasteiger partial charge >= 0.3 is 0 Å².